The van der Waals surface area contributed by atoms with Crippen LogP contribution in [0.25, 0.3) is 0 Å². The SMILES string of the molecule is CC(C)CN1CCOC(CNc2ccc(C(F)(F)F)cc2[N+](=O)[O-])C1. The smallest absolute Gasteiger partial charge is 0.377 e. The number of rotatable bonds is 6. The molecule has 0 bridgehead atoms. The normalized spacial score (nSPS) is 19.2. The van der Waals surface area contributed by atoms with E-state index in [0.29, 0.717) is 31.7 Å². The van der Waals surface area contributed by atoms with Gasteiger partial charge in [0, 0.05) is 32.2 Å². The van der Waals surface area contributed by atoms with E-state index in [1.807, 2.05) is 0 Å². The zero-order valence-corrected chi connectivity index (χ0v) is 14.2. The molecule has 1 aromatic carbocycles. The molecule has 0 aromatic heterocycles. The van der Waals surface area contributed by atoms with Crippen molar-refractivity contribution in [3.05, 3.63) is 33.9 Å². The van der Waals surface area contributed by atoms with Gasteiger partial charge < -0.3 is 10.1 Å². The topological polar surface area (TPSA) is 67.6 Å². The number of hydrogen-bond acceptors (Lipinski definition) is 5. The van der Waals surface area contributed by atoms with E-state index in [0.717, 1.165) is 25.2 Å². The lowest BCUT2D eigenvalue weighted by atomic mass is 10.1. The van der Waals surface area contributed by atoms with Crippen LogP contribution in [0.5, 0.6) is 0 Å². The number of nitro benzene ring substituents is 1. The molecule has 1 fully saturated rings. The molecule has 6 nitrogen and oxygen atoms in total. The number of anilines is 1. The van der Waals surface area contributed by atoms with Crippen molar-refractivity contribution in [2.75, 3.05) is 38.1 Å². The van der Waals surface area contributed by atoms with Crippen LogP contribution < -0.4 is 5.32 Å². The molecule has 1 unspecified atom stereocenters. The van der Waals surface area contributed by atoms with Gasteiger partial charge in [0.15, 0.2) is 0 Å². The second-order valence-electron chi connectivity index (χ2n) is 6.51. The van der Waals surface area contributed by atoms with Gasteiger partial charge in [-0.15, -0.1) is 0 Å². The van der Waals surface area contributed by atoms with E-state index in [1.54, 1.807) is 0 Å². The van der Waals surface area contributed by atoms with Crippen LogP contribution in [0.2, 0.25) is 0 Å². The maximum Gasteiger partial charge on any atom is 0.416 e. The van der Waals surface area contributed by atoms with Crippen molar-refractivity contribution in [3.8, 4) is 0 Å². The lowest BCUT2D eigenvalue weighted by Crippen LogP contribution is -2.46. The fourth-order valence-corrected chi connectivity index (χ4v) is 2.82. The van der Waals surface area contributed by atoms with E-state index < -0.39 is 22.4 Å². The number of alkyl halides is 3. The minimum Gasteiger partial charge on any atom is -0.377 e. The van der Waals surface area contributed by atoms with Gasteiger partial charge in [0.1, 0.15) is 5.69 Å². The molecule has 1 atom stereocenters. The average molecular weight is 361 g/mol. The highest BCUT2D eigenvalue weighted by molar-refractivity contribution is 5.63. The summed E-state index contributed by atoms with van der Waals surface area (Å²) in [6.45, 7) is 7.53. The summed E-state index contributed by atoms with van der Waals surface area (Å²) in [4.78, 5) is 12.5. The molecule has 0 aliphatic carbocycles. The predicted octanol–water partition coefficient (Wildman–Crippen LogP) is 3.38. The maximum atomic E-state index is 12.7. The molecular weight excluding hydrogens is 339 g/mol. The number of nitrogens with zero attached hydrogens (tertiary/aromatic N) is 2. The third-order valence-electron chi connectivity index (χ3n) is 3.89. The number of benzene rings is 1. The van der Waals surface area contributed by atoms with E-state index in [2.05, 4.69) is 24.1 Å². The first kappa shape index (κ1) is 19.5. The first-order valence-corrected chi connectivity index (χ1v) is 8.10. The number of nitro groups is 1. The summed E-state index contributed by atoms with van der Waals surface area (Å²) < 4.78 is 43.8. The summed E-state index contributed by atoms with van der Waals surface area (Å²) in [5.41, 5.74) is -1.57. The van der Waals surface area contributed by atoms with Gasteiger partial charge in [0.05, 0.1) is 23.2 Å². The van der Waals surface area contributed by atoms with Crippen LogP contribution in [0.15, 0.2) is 18.2 Å². The fourth-order valence-electron chi connectivity index (χ4n) is 2.82. The molecule has 2 rings (SSSR count). The van der Waals surface area contributed by atoms with E-state index in [-0.39, 0.29) is 11.8 Å². The Bertz CT molecular complexity index is 608. The van der Waals surface area contributed by atoms with Crippen LogP contribution in [-0.2, 0) is 10.9 Å². The molecule has 140 valence electrons. The van der Waals surface area contributed by atoms with Crippen molar-refractivity contribution >= 4 is 11.4 Å². The molecule has 0 radical (unpaired) electrons. The number of morpholine rings is 1. The average Bonchev–Trinajstić information content (AvgIpc) is 2.51. The molecule has 9 heteroatoms. The Balaban J connectivity index is 2.03. The van der Waals surface area contributed by atoms with Crippen LogP contribution in [0.4, 0.5) is 24.5 Å². The van der Waals surface area contributed by atoms with Crippen molar-refractivity contribution in [2.24, 2.45) is 5.92 Å². The predicted molar refractivity (Wildman–Crippen MR) is 87.6 cm³/mol. The lowest BCUT2D eigenvalue weighted by Gasteiger charge is -2.34. The van der Waals surface area contributed by atoms with Gasteiger partial charge in [0.25, 0.3) is 5.69 Å². The van der Waals surface area contributed by atoms with E-state index >= 15 is 0 Å². The summed E-state index contributed by atoms with van der Waals surface area (Å²) in [6.07, 6.45) is -4.79. The molecule has 1 aliphatic rings. The van der Waals surface area contributed by atoms with Crippen molar-refractivity contribution in [1.82, 2.24) is 4.90 Å². The van der Waals surface area contributed by atoms with Gasteiger partial charge in [-0.05, 0) is 18.1 Å². The Morgan fingerprint density at radius 1 is 1.44 bits per heavy atom. The minimum absolute atomic E-state index is 0.0579. The van der Waals surface area contributed by atoms with Crippen LogP contribution in [0.1, 0.15) is 19.4 Å². The molecule has 1 aliphatic heterocycles. The number of hydrogen-bond donors (Lipinski definition) is 1. The Morgan fingerprint density at radius 3 is 2.76 bits per heavy atom. The molecule has 0 saturated carbocycles. The van der Waals surface area contributed by atoms with Crippen molar-refractivity contribution in [1.29, 1.82) is 0 Å². The number of halogens is 3. The standard InChI is InChI=1S/C16H22F3N3O3/c1-11(2)9-21-5-6-25-13(10-21)8-20-14-4-3-12(16(17,18)19)7-15(14)22(23)24/h3-4,7,11,13,20H,5-6,8-10H2,1-2H3. The van der Waals surface area contributed by atoms with Crippen LogP contribution in [-0.4, -0.2) is 48.7 Å². The van der Waals surface area contributed by atoms with E-state index in [1.165, 1.54) is 0 Å². The molecule has 1 heterocycles. The zero-order chi connectivity index (χ0) is 18.6. The first-order chi connectivity index (χ1) is 11.7. The monoisotopic (exact) mass is 361 g/mol. The number of ether oxygens (including phenoxy) is 1. The quantitative estimate of drug-likeness (QED) is 0.621. The second kappa shape index (κ2) is 8.01. The lowest BCUT2D eigenvalue weighted by molar-refractivity contribution is -0.384. The largest absolute Gasteiger partial charge is 0.416 e. The molecular formula is C16H22F3N3O3. The second-order valence-corrected chi connectivity index (χ2v) is 6.51. The highest BCUT2D eigenvalue weighted by Crippen LogP contribution is 2.35. The van der Waals surface area contributed by atoms with Crippen LogP contribution in [0.3, 0.4) is 0 Å². The Kier molecular flexibility index (Phi) is 6.23. The van der Waals surface area contributed by atoms with Gasteiger partial charge in [0.2, 0.25) is 0 Å². The van der Waals surface area contributed by atoms with E-state index in [4.69, 9.17) is 4.74 Å². The fraction of sp³-hybridized carbons (Fsp3) is 0.625. The summed E-state index contributed by atoms with van der Waals surface area (Å²) in [7, 11) is 0. The summed E-state index contributed by atoms with van der Waals surface area (Å²) in [6, 6.07) is 2.48. The van der Waals surface area contributed by atoms with Gasteiger partial charge in [-0.25, -0.2) is 0 Å². The zero-order valence-electron chi connectivity index (χ0n) is 14.2. The third-order valence-corrected chi connectivity index (χ3v) is 3.89. The minimum atomic E-state index is -4.62. The highest BCUT2D eigenvalue weighted by atomic mass is 19.4. The molecule has 1 aromatic rings. The van der Waals surface area contributed by atoms with Gasteiger partial charge in [-0.1, -0.05) is 13.8 Å². The summed E-state index contributed by atoms with van der Waals surface area (Å²) >= 11 is 0. The molecule has 1 N–H and O–H groups in total. The summed E-state index contributed by atoms with van der Waals surface area (Å²) in [5.74, 6) is 0.516. The third kappa shape index (κ3) is 5.57. The molecule has 0 spiro atoms. The van der Waals surface area contributed by atoms with Crippen molar-refractivity contribution in [3.63, 3.8) is 0 Å². The maximum absolute atomic E-state index is 12.7. The van der Waals surface area contributed by atoms with Gasteiger partial charge in [-0.2, -0.15) is 13.2 Å². The first-order valence-electron chi connectivity index (χ1n) is 8.10. The van der Waals surface area contributed by atoms with Crippen LogP contribution in [0, 0.1) is 16.0 Å². The highest BCUT2D eigenvalue weighted by Gasteiger charge is 2.33. The molecule has 25 heavy (non-hydrogen) atoms. The van der Waals surface area contributed by atoms with Crippen molar-refractivity contribution < 1.29 is 22.8 Å². The molecule has 1 saturated heterocycles. The molecule has 0 amide bonds. The summed E-state index contributed by atoms with van der Waals surface area (Å²) in [5, 5.41) is 13.9. The Labute approximate surface area is 144 Å². The van der Waals surface area contributed by atoms with Gasteiger partial charge >= 0.3 is 6.18 Å². The Hall–Kier alpha value is -1.87. The van der Waals surface area contributed by atoms with Crippen LogP contribution >= 0.6 is 0 Å². The Morgan fingerprint density at radius 2 is 2.16 bits per heavy atom. The van der Waals surface area contributed by atoms with Crippen molar-refractivity contribution in [2.45, 2.75) is 26.1 Å². The number of nitrogens with one attached hydrogen (secondary N) is 1. The van der Waals surface area contributed by atoms with Gasteiger partial charge in [-0.3, -0.25) is 15.0 Å². The van der Waals surface area contributed by atoms with E-state index in [9.17, 15) is 23.3 Å².